The van der Waals surface area contributed by atoms with E-state index in [-0.39, 0.29) is 29.3 Å². The van der Waals surface area contributed by atoms with Crippen molar-refractivity contribution < 1.29 is 24.2 Å². The van der Waals surface area contributed by atoms with E-state index in [1.54, 1.807) is 12.1 Å². The van der Waals surface area contributed by atoms with E-state index >= 15 is 0 Å². The number of ketones is 1. The number of ether oxygens (including phenoxy) is 2. The molecule has 178 valence electrons. The van der Waals surface area contributed by atoms with Crippen LogP contribution >= 0.6 is 0 Å². The largest absolute Gasteiger partial charge is 0.504 e. The number of Topliss-reactive ketones (excluding diaryl/α,β-unsaturated/α-hetero) is 1. The topological polar surface area (TPSA) is 84.9 Å². The van der Waals surface area contributed by atoms with Gasteiger partial charge in [-0.25, -0.2) is 4.79 Å². The standard InChI is InChI=1S/C28H31NO5/c1-17-24(27(32)34-13-12-18-8-6-5-7-9-18)25(19-10-11-21(30)23(14-19)33-4)26-20(29-17)15-28(2,3)16-22(26)31/h5-11,14,25,29-30H,12-13,15-16H2,1-4H3/t25-/m0/s1. The van der Waals surface area contributed by atoms with Crippen LogP contribution in [0.4, 0.5) is 0 Å². The number of rotatable bonds is 6. The molecular formula is C28H31NO5. The minimum absolute atomic E-state index is 0.00168. The number of phenols is 1. The zero-order valence-electron chi connectivity index (χ0n) is 20.1. The maximum atomic E-state index is 13.4. The number of allylic oxidation sites excluding steroid dienone is 3. The lowest BCUT2D eigenvalue weighted by molar-refractivity contribution is -0.139. The van der Waals surface area contributed by atoms with Crippen LogP contribution in [0.25, 0.3) is 0 Å². The van der Waals surface area contributed by atoms with Crippen LogP contribution in [0.3, 0.4) is 0 Å². The first-order valence-corrected chi connectivity index (χ1v) is 11.5. The average molecular weight is 462 g/mol. The first kappa shape index (κ1) is 23.6. The summed E-state index contributed by atoms with van der Waals surface area (Å²) >= 11 is 0. The zero-order chi connectivity index (χ0) is 24.5. The molecule has 1 aliphatic heterocycles. The number of dihydropyridines is 1. The molecule has 0 aromatic heterocycles. The number of methoxy groups -OCH3 is 1. The van der Waals surface area contributed by atoms with Crippen LogP contribution in [0.15, 0.2) is 71.1 Å². The highest BCUT2D eigenvalue weighted by Gasteiger charge is 2.43. The van der Waals surface area contributed by atoms with Crippen molar-refractivity contribution >= 4 is 11.8 Å². The van der Waals surface area contributed by atoms with E-state index in [2.05, 4.69) is 19.2 Å². The smallest absolute Gasteiger partial charge is 0.336 e. The maximum absolute atomic E-state index is 13.4. The van der Waals surface area contributed by atoms with E-state index < -0.39 is 11.9 Å². The molecule has 0 bridgehead atoms. The molecule has 34 heavy (non-hydrogen) atoms. The van der Waals surface area contributed by atoms with Crippen molar-refractivity contribution in [2.45, 2.75) is 46.0 Å². The highest BCUT2D eigenvalue weighted by molar-refractivity contribution is 6.04. The van der Waals surface area contributed by atoms with Gasteiger partial charge in [-0.2, -0.15) is 0 Å². The molecule has 0 unspecified atom stereocenters. The normalized spacial score (nSPS) is 19.4. The molecule has 0 radical (unpaired) electrons. The van der Waals surface area contributed by atoms with Gasteiger partial charge in [0.1, 0.15) is 0 Å². The number of hydrogen-bond acceptors (Lipinski definition) is 6. The summed E-state index contributed by atoms with van der Waals surface area (Å²) in [5.74, 6) is -0.756. The molecule has 2 N–H and O–H groups in total. The summed E-state index contributed by atoms with van der Waals surface area (Å²) in [5.41, 5.74) is 4.12. The molecule has 0 saturated carbocycles. The minimum Gasteiger partial charge on any atom is -0.504 e. The number of esters is 1. The lowest BCUT2D eigenvalue weighted by Crippen LogP contribution is -2.38. The summed E-state index contributed by atoms with van der Waals surface area (Å²) in [6, 6.07) is 14.8. The molecule has 0 fully saturated rings. The van der Waals surface area contributed by atoms with Gasteiger partial charge in [0.15, 0.2) is 17.3 Å². The summed E-state index contributed by atoms with van der Waals surface area (Å²) in [6.45, 7) is 6.22. The zero-order valence-corrected chi connectivity index (χ0v) is 20.1. The van der Waals surface area contributed by atoms with E-state index in [1.165, 1.54) is 13.2 Å². The summed E-state index contributed by atoms with van der Waals surface area (Å²) < 4.78 is 11.0. The quantitative estimate of drug-likeness (QED) is 0.602. The lowest BCUT2D eigenvalue weighted by Gasteiger charge is -2.39. The third kappa shape index (κ3) is 4.72. The highest BCUT2D eigenvalue weighted by Crippen LogP contribution is 2.47. The van der Waals surface area contributed by atoms with Crippen LogP contribution in [0.5, 0.6) is 11.5 Å². The van der Waals surface area contributed by atoms with Gasteiger partial charge in [-0.15, -0.1) is 0 Å². The van der Waals surface area contributed by atoms with Gasteiger partial charge in [-0.1, -0.05) is 50.2 Å². The molecule has 4 rings (SSSR count). The number of carbonyl (C=O) groups is 2. The van der Waals surface area contributed by atoms with E-state index in [0.717, 1.165) is 11.3 Å². The van der Waals surface area contributed by atoms with Gasteiger partial charge in [-0.3, -0.25) is 4.79 Å². The molecule has 0 spiro atoms. The van der Waals surface area contributed by atoms with Gasteiger partial charge in [0, 0.05) is 35.7 Å². The Labute approximate surface area is 200 Å². The Balaban J connectivity index is 1.70. The highest BCUT2D eigenvalue weighted by atomic mass is 16.5. The van der Waals surface area contributed by atoms with Crippen molar-refractivity contribution in [3.8, 4) is 11.5 Å². The van der Waals surface area contributed by atoms with E-state index in [9.17, 15) is 14.7 Å². The predicted molar refractivity (Wildman–Crippen MR) is 129 cm³/mol. The fourth-order valence-electron chi connectivity index (χ4n) is 4.90. The summed E-state index contributed by atoms with van der Waals surface area (Å²) in [6.07, 6.45) is 1.70. The van der Waals surface area contributed by atoms with Crippen molar-refractivity contribution in [2.75, 3.05) is 13.7 Å². The summed E-state index contributed by atoms with van der Waals surface area (Å²) in [7, 11) is 1.47. The minimum atomic E-state index is -0.599. The fourth-order valence-corrected chi connectivity index (χ4v) is 4.90. The molecule has 6 nitrogen and oxygen atoms in total. The fraction of sp³-hybridized carbons (Fsp3) is 0.357. The van der Waals surface area contributed by atoms with Gasteiger partial charge in [0.05, 0.1) is 19.3 Å². The predicted octanol–water partition coefficient (Wildman–Crippen LogP) is 4.79. The van der Waals surface area contributed by atoms with Crippen molar-refractivity contribution in [3.05, 3.63) is 82.2 Å². The van der Waals surface area contributed by atoms with E-state index in [0.29, 0.717) is 41.7 Å². The van der Waals surface area contributed by atoms with Gasteiger partial charge in [-0.05, 0) is 42.0 Å². The number of hydrogen-bond donors (Lipinski definition) is 2. The van der Waals surface area contributed by atoms with Crippen LogP contribution in [0, 0.1) is 5.41 Å². The molecule has 1 aliphatic carbocycles. The van der Waals surface area contributed by atoms with E-state index in [4.69, 9.17) is 9.47 Å². The third-order valence-corrected chi connectivity index (χ3v) is 6.46. The third-order valence-electron chi connectivity index (χ3n) is 6.46. The van der Waals surface area contributed by atoms with Crippen LogP contribution in [-0.2, 0) is 20.7 Å². The van der Waals surface area contributed by atoms with Crippen molar-refractivity contribution in [1.82, 2.24) is 5.32 Å². The van der Waals surface area contributed by atoms with Crippen LogP contribution in [-0.4, -0.2) is 30.6 Å². The monoisotopic (exact) mass is 461 g/mol. The molecule has 0 amide bonds. The van der Waals surface area contributed by atoms with Gasteiger partial charge in [0.2, 0.25) is 0 Å². The first-order chi connectivity index (χ1) is 16.2. The summed E-state index contributed by atoms with van der Waals surface area (Å²) in [4.78, 5) is 26.7. The number of nitrogens with one attached hydrogen (secondary N) is 1. The van der Waals surface area contributed by atoms with Gasteiger partial charge >= 0.3 is 5.97 Å². The second-order valence-electron chi connectivity index (χ2n) is 9.73. The second kappa shape index (κ2) is 9.37. The van der Waals surface area contributed by atoms with Gasteiger partial charge < -0.3 is 19.9 Å². The molecule has 1 atom stereocenters. The van der Waals surface area contributed by atoms with Crippen LogP contribution in [0.2, 0.25) is 0 Å². The molecule has 6 heteroatoms. The maximum Gasteiger partial charge on any atom is 0.336 e. The number of phenolic OH excluding ortho intramolecular Hbond substituents is 1. The Kier molecular flexibility index (Phi) is 6.51. The van der Waals surface area contributed by atoms with Crippen LogP contribution < -0.4 is 10.1 Å². The lowest BCUT2D eigenvalue weighted by atomic mass is 9.68. The molecule has 2 aliphatic rings. The molecule has 1 heterocycles. The molecular weight excluding hydrogens is 430 g/mol. The Bertz CT molecular complexity index is 1180. The van der Waals surface area contributed by atoms with Crippen molar-refractivity contribution in [1.29, 1.82) is 0 Å². The second-order valence-corrected chi connectivity index (χ2v) is 9.73. The Hall–Kier alpha value is -3.54. The number of aromatic hydroxyl groups is 1. The Morgan fingerprint density at radius 2 is 1.88 bits per heavy atom. The van der Waals surface area contributed by atoms with Gasteiger partial charge in [0.25, 0.3) is 0 Å². The average Bonchev–Trinajstić information content (AvgIpc) is 2.78. The Morgan fingerprint density at radius 3 is 2.59 bits per heavy atom. The first-order valence-electron chi connectivity index (χ1n) is 11.5. The summed E-state index contributed by atoms with van der Waals surface area (Å²) in [5, 5.41) is 13.5. The number of benzene rings is 2. The van der Waals surface area contributed by atoms with Crippen molar-refractivity contribution in [2.24, 2.45) is 5.41 Å². The molecule has 2 aromatic carbocycles. The van der Waals surface area contributed by atoms with Crippen molar-refractivity contribution in [3.63, 3.8) is 0 Å². The SMILES string of the molecule is COc1cc([C@H]2C(C(=O)OCCc3ccccc3)=C(C)NC3=C2C(=O)CC(C)(C)C3)ccc1O. The molecule has 0 saturated heterocycles. The van der Waals surface area contributed by atoms with E-state index in [1.807, 2.05) is 37.3 Å². The van der Waals surface area contributed by atoms with Crippen LogP contribution in [0.1, 0.15) is 50.7 Å². The number of carbonyl (C=O) groups excluding carboxylic acids is 2. The Morgan fingerprint density at radius 1 is 1.15 bits per heavy atom. The molecule has 2 aromatic rings.